The maximum atomic E-state index is 12.4. The Kier molecular flexibility index (Phi) is 51.8. The van der Waals surface area contributed by atoms with E-state index < -0.39 is 53.5 Å². The van der Waals surface area contributed by atoms with Gasteiger partial charge in [-0.15, -0.1) is 0 Å². The van der Waals surface area contributed by atoms with E-state index in [1.807, 2.05) is 164 Å². The third kappa shape index (κ3) is 40.7. The number of aliphatic hydroxyl groups is 1. The molecule has 26 nitrogen and oxygen atoms in total. The van der Waals surface area contributed by atoms with Crippen molar-refractivity contribution < 1.29 is 93.3 Å². The quantitative estimate of drug-likeness (QED) is 0.0131. The Morgan fingerprint density at radius 2 is 0.818 bits per heavy atom. The van der Waals surface area contributed by atoms with Gasteiger partial charge in [0.2, 0.25) is 0 Å². The Bertz CT molecular complexity index is 5840. The molecule has 3 fully saturated rings. The second-order valence-corrected chi connectivity index (χ2v) is 38.8. The van der Waals surface area contributed by atoms with Crippen molar-refractivity contribution >= 4 is 211 Å². The van der Waals surface area contributed by atoms with Crippen molar-refractivity contribution in [3.05, 3.63) is 274 Å². The average molecular weight is 2210 g/mol. The number of pyridine rings is 6. The molecule has 730 valence electrons. The molecule has 7 aromatic carbocycles. The molecular weight excluding hydrogens is 2080 g/mol. The summed E-state index contributed by atoms with van der Waals surface area (Å²) in [5.41, 5.74) is 16.3. The molecule has 13 aromatic rings. The van der Waals surface area contributed by atoms with E-state index in [-0.39, 0.29) is 83.3 Å². The molecule has 3 saturated heterocycles. The molecule has 0 atom stereocenters. The third-order valence-electron chi connectivity index (χ3n) is 19.7. The summed E-state index contributed by atoms with van der Waals surface area (Å²) >= 11 is 16.9. The number of benzene rings is 7. The van der Waals surface area contributed by atoms with Crippen LogP contribution < -0.4 is 47.1 Å². The van der Waals surface area contributed by atoms with Gasteiger partial charge in [-0.1, -0.05) is 84.1 Å². The SMILES string of the molecule is C.C.C1CCOC1.C1CCOC1.CC(=O)c1ccc2ncc(Br)cc2c1.CC(C)(C)OC(=O)NCc1ccc2ncc(B3OC(C)(C)C(C)(C)O3)cc2c1.CC(C)(C)OC(=O)OC(=O)OC(C)(C)C.CCc1ccc2ncc(Br)cc2c1.NCc1ccc2ncc(Br)cc2c1.NN.O=C1c2ccccc2C(=O)N1Cc1ccc2ncc(Br)cc2c1.OCc1ccc2ncc(Br)cc2c1.[2H]CC.[AlH3].[H-].[Li+]. The number of imide groups is 1. The Labute approximate surface area is 873 Å². The van der Waals surface area contributed by atoms with Crippen molar-refractivity contribution in [1.29, 1.82) is 0 Å². The molecule has 4 aliphatic rings. The number of hydrazine groups is 1. The van der Waals surface area contributed by atoms with Gasteiger partial charge >= 0.3 is 44.4 Å². The minimum atomic E-state index is -1.06. The number of fused-ring (bicyclic) bond motifs is 7. The first kappa shape index (κ1) is 120. The van der Waals surface area contributed by atoms with Gasteiger partial charge in [-0.2, -0.15) is 0 Å². The molecule has 17 rings (SSSR count). The van der Waals surface area contributed by atoms with Crippen LogP contribution in [0.3, 0.4) is 0 Å². The van der Waals surface area contributed by atoms with Crippen molar-refractivity contribution in [2.45, 2.75) is 219 Å². The molecule has 0 saturated carbocycles. The first-order valence-corrected chi connectivity index (χ1v) is 47.0. The Morgan fingerprint density at radius 3 is 1.18 bits per heavy atom. The minimum Gasteiger partial charge on any atom is -1.00 e. The van der Waals surface area contributed by atoms with E-state index in [9.17, 15) is 28.8 Å². The molecule has 34 heteroatoms. The van der Waals surface area contributed by atoms with Gasteiger partial charge in [0.1, 0.15) is 16.8 Å². The monoisotopic (exact) mass is 2200 g/mol. The summed E-state index contributed by atoms with van der Waals surface area (Å²) in [6.07, 6.45) is 14.3. The summed E-state index contributed by atoms with van der Waals surface area (Å²) in [7, 11) is -0.453. The summed E-state index contributed by atoms with van der Waals surface area (Å²) in [6, 6.07) is 54.3. The zero-order valence-corrected chi connectivity index (χ0v) is 87.0. The number of carbonyl (C=O) groups is 6. The molecule has 3 amide bonds. The summed E-state index contributed by atoms with van der Waals surface area (Å²) < 4.78 is 52.2. The number of nitrogens with two attached hydrogens (primary N) is 3. The number of ether oxygens (including phenoxy) is 6. The number of Topliss-reactive ketones (excluding diaryl/α,β-unsaturated/α-hetero) is 1. The standard InChI is InChI=1S/C21H29BN2O4.C18H11BrN2O2.C11H8BrNO.C11H10BrN.C10H9BrN2.C10H8BrNO.C10H18O5.2C4H8O.C2H6.2CH4.Al.Li.H4N2.4H/c1-19(2,3)26-18(25)24-12-14-8-9-17-15(10-14)11-16(13-23-17)22-27-20(4,5)21(6,7)28-22;19-13-8-12-7-11(5-6-16(12)20-9-13)10-21-17(22)14-3-1-2-4-15(14)18(21)23;1-7(14)8-2-3-11-9(4-8)5-10(12)6-13-11;1-2-8-3-4-11-9(5-8)6-10(12)7-13-11;11-9-4-8-3-7(5-12)1-2-10(8)13-6-9;11-9-4-8-3-7(6-13)1-2-10(8)12-5-9;1-9(2,3)14-7(11)13-8(12)15-10(4,5)6;2*1-2-4-5-3-1;1-2;;;;;1-2;;;;/h8-11,13H,12H2,1-7H3,(H,24,25);1-9H,10H2;2-6H,1H3;3-7H,2H2,1H3;1-4,6H,5,12H2;1-5,13H,6H2;1-6H3;2*1-4H2;1-2H3;2*1H4;;;1-2H2;;;;/q;;;;;;;;;;;;;+1;;;;;-1/i;;;;;;;;;1D;;;;;;;;;. The molecule has 4 aliphatic heterocycles. The number of ketones is 1. The van der Waals surface area contributed by atoms with Crippen molar-refractivity contribution in [2.24, 2.45) is 17.4 Å². The molecule has 137 heavy (non-hydrogen) atoms. The second-order valence-electron chi connectivity index (χ2n) is 34.2. The number of nitrogens with one attached hydrogen (secondary N) is 1. The fourth-order valence-electron chi connectivity index (χ4n) is 12.6. The van der Waals surface area contributed by atoms with Gasteiger partial charge in [0, 0.05) is 144 Å². The number of aryl methyl sites for hydroxylation is 1. The zero-order valence-electron chi connectivity index (χ0n) is 81.0. The number of alkyl carbamates (subject to hydrolysis) is 1. The van der Waals surface area contributed by atoms with Crippen LogP contribution in [-0.2, 0) is 70.4 Å². The van der Waals surface area contributed by atoms with Crippen LogP contribution in [-0.4, -0.2) is 155 Å². The second kappa shape index (κ2) is 59.0. The molecule has 10 heterocycles. The van der Waals surface area contributed by atoms with Crippen LogP contribution in [0, 0.1) is 0 Å². The van der Waals surface area contributed by atoms with Crippen molar-refractivity contribution in [1.82, 2.24) is 40.1 Å². The Morgan fingerprint density at radius 1 is 0.496 bits per heavy atom. The molecule has 6 aromatic heterocycles. The third-order valence-corrected chi connectivity index (χ3v) is 21.8. The van der Waals surface area contributed by atoms with Crippen molar-refractivity contribution in [3.63, 3.8) is 0 Å². The predicted molar refractivity (Wildman–Crippen MR) is 569 cm³/mol. The molecule has 0 unspecified atom stereocenters. The number of amides is 3. The van der Waals surface area contributed by atoms with Crippen LogP contribution in [0.5, 0.6) is 0 Å². The summed E-state index contributed by atoms with van der Waals surface area (Å²) in [6.45, 7) is 35.0. The fourth-order valence-corrected chi connectivity index (χ4v) is 14.3. The number of aromatic nitrogens is 6. The largest absolute Gasteiger partial charge is 1.00 e. The van der Waals surface area contributed by atoms with E-state index in [0.717, 1.165) is 149 Å². The van der Waals surface area contributed by atoms with Gasteiger partial charge in [-0.3, -0.25) is 60.9 Å². The van der Waals surface area contributed by atoms with Gasteiger partial charge in [0.25, 0.3) is 11.8 Å². The van der Waals surface area contributed by atoms with E-state index in [4.69, 9.17) is 45.2 Å². The van der Waals surface area contributed by atoms with E-state index in [0.29, 0.717) is 31.1 Å². The summed E-state index contributed by atoms with van der Waals surface area (Å²) in [4.78, 5) is 97.0. The fraction of sp³-hybridized carbons (Fsp3) is 0.359. The molecule has 8 N–H and O–H groups in total. The maximum absolute atomic E-state index is 12.4. The molecule has 0 spiro atoms. The number of hydrogen-bond acceptors (Lipinski definition) is 24. The molecule has 0 radical (unpaired) electrons. The Hall–Kier alpha value is -8.91. The van der Waals surface area contributed by atoms with Gasteiger partial charge in [-0.05, 0) is 358 Å². The summed E-state index contributed by atoms with van der Waals surface area (Å²) in [5, 5.41) is 18.0. The van der Waals surface area contributed by atoms with Crippen LogP contribution in [0.15, 0.2) is 229 Å². The smallest absolute Gasteiger partial charge is 1.00 e. The van der Waals surface area contributed by atoms with E-state index >= 15 is 0 Å². The first-order chi connectivity index (χ1) is 63.4. The van der Waals surface area contributed by atoms with Gasteiger partial charge < -0.3 is 55.3 Å². The topological polar surface area (TPSA) is 367 Å². The van der Waals surface area contributed by atoms with Crippen molar-refractivity contribution in [2.75, 3.05) is 26.4 Å². The minimum absolute atomic E-state index is 0. The van der Waals surface area contributed by atoms with E-state index in [1.165, 1.54) is 41.5 Å². The number of rotatable bonds is 9. The summed E-state index contributed by atoms with van der Waals surface area (Å²) in [5.74, 6) is 7.60. The normalized spacial score (nSPS) is 13.4. The number of aliphatic hydroxyl groups excluding tert-OH is 1. The van der Waals surface area contributed by atoms with E-state index in [2.05, 4.69) is 169 Å². The van der Waals surface area contributed by atoms with Crippen LogP contribution in [0.1, 0.15) is 220 Å². The van der Waals surface area contributed by atoms with Crippen LogP contribution in [0.4, 0.5) is 14.4 Å². The number of carbonyl (C=O) groups excluding carboxylic acids is 6. The molecular formula is C103H131AlBBr5LiN11O15. The predicted octanol–water partition coefficient (Wildman–Crippen LogP) is 20.6. The number of halogens is 5. The number of nitrogens with zero attached hydrogens (tertiary/aromatic N) is 7. The zero-order chi connectivity index (χ0) is 98.7. The number of hydrogen-bond donors (Lipinski definition) is 5. The van der Waals surface area contributed by atoms with Gasteiger partial charge in [0.15, 0.2) is 23.1 Å². The van der Waals surface area contributed by atoms with Crippen LogP contribution in [0.25, 0.3) is 65.4 Å². The molecule has 0 bridgehead atoms. The Balaban J connectivity index is 0.000000540. The first-order valence-electron chi connectivity index (χ1n) is 43.8. The van der Waals surface area contributed by atoms with Crippen LogP contribution in [0.2, 0.25) is 0 Å². The van der Waals surface area contributed by atoms with Crippen molar-refractivity contribution in [3.8, 4) is 0 Å². The molecule has 0 aliphatic carbocycles. The van der Waals surface area contributed by atoms with Gasteiger partial charge in [-0.25, -0.2) is 14.4 Å². The van der Waals surface area contributed by atoms with Gasteiger partial charge in [0.05, 0.1) is 68.6 Å². The maximum Gasteiger partial charge on any atom is 1.00 e. The van der Waals surface area contributed by atoms with E-state index in [1.54, 1.807) is 117 Å². The van der Waals surface area contributed by atoms with Crippen LogP contribution >= 0.6 is 79.6 Å². The average Bonchev–Trinajstić information content (AvgIpc) is 1.63.